The van der Waals surface area contributed by atoms with Crippen LogP contribution in [0.15, 0.2) is 24.5 Å². The first-order valence-electron chi connectivity index (χ1n) is 9.33. The molecule has 1 aliphatic heterocycles. The van der Waals surface area contributed by atoms with E-state index in [2.05, 4.69) is 25.4 Å². The third-order valence-electron chi connectivity index (χ3n) is 4.85. The van der Waals surface area contributed by atoms with Gasteiger partial charge in [0.25, 0.3) is 11.9 Å². The van der Waals surface area contributed by atoms with E-state index in [0.29, 0.717) is 16.7 Å². The second kappa shape index (κ2) is 7.19. The first kappa shape index (κ1) is 20.5. The first-order chi connectivity index (χ1) is 14.6. The number of nitrogens with zero attached hydrogens (tertiary/aromatic N) is 7. The van der Waals surface area contributed by atoms with E-state index in [1.165, 1.54) is 30.1 Å². The summed E-state index contributed by atoms with van der Waals surface area (Å²) in [5, 5.41) is 16.5. The quantitative estimate of drug-likeness (QED) is 0.677. The van der Waals surface area contributed by atoms with Crippen molar-refractivity contribution in [3.8, 4) is 12.0 Å². The zero-order valence-electron chi connectivity index (χ0n) is 16.6. The summed E-state index contributed by atoms with van der Waals surface area (Å²) in [4.78, 5) is 25.1. The lowest BCUT2D eigenvalue weighted by molar-refractivity contribution is -0.114. The molecule has 4 heterocycles. The number of anilines is 2. The van der Waals surface area contributed by atoms with Crippen molar-refractivity contribution in [3.05, 3.63) is 30.2 Å². The maximum atomic E-state index is 14.5. The largest absolute Gasteiger partial charge is 0.350 e. The van der Waals surface area contributed by atoms with Gasteiger partial charge in [0.15, 0.2) is 5.82 Å². The molecule has 160 valence electrons. The summed E-state index contributed by atoms with van der Waals surface area (Å²) in [6.07, 6.45) is 2.63. The number of alkyl halides is 3. The molecule has 1 aliphatic rings. The van der Waals surface area contributed by atoms with Crippen molar-refractivity contribution in [1.82, 2.24) is 24.7 Å². The first-order valence-corrected chi connectivity index (χ1v) is 9.33. The molecule has 3 aromatic heterocycles. The minimum atomic E-state index is -3.19. The molecule has 31 heavy (non-hydrogen) atoms. The molecule has 0 radical (unpaired) electrons. The molecule has 1 N–H and O–H groups in total. The van der Waals surface area contributed by atoms with Gasteiger partial charge in [-0.25, -0.2) is 19.3 Å². The van der Waals surface area contributed by atoms with E-state index in [4.69, 9.17) is 5.26 Å². The lowest BCUT2D eigenvalue weighted by Crippen LogP contribution is -2.27. The number of nitrogens with one attached hydrogen (secondary N) is 1. The summed E-state index contributed by atoms with van der Waals surface area (Å²) < 4.78 is 43.3. The van der Waals surface area contributed by atoms with Crippen LogP contribution in [-0.2, 0) is 10.7 Å². The summed E-state index contributed by atoms with van der Waals surface area (Å²) in [6.45, 7) is 2.07. The van der Waals surface area contributed by atoms with Crippen molar-refractivity contribution in [2.45, 2.75) is 31.9 Å². The van der Waals surface area contributed by atoms with Crippen molar-refractivity contribution in [3.63, 3.8) is 0 Å². The number of carbonyl (C=O) groups is 1. The standard InChI is InChI=1S/C19H17F3N8O/c1-11(31)26-15-7-13-12(8-25-15)16(29-6-4-19(22,9-23)10-29)28-30(13)17-24-5-3-14(27-17)18(2,20)21/h3,5,7-8H,4,6,10H2,1-2H3,(H,25,26,31). The van der Waals surface area contributed by atoms with Gasteiger partial charge >= 0.3 is 0 Å². The zero-order chi connectivity index (χ0) is 22.4. The van der Waals surface area contributed by atoms with Crippen LogP contribution in [0.3, 0.4) is 0 Å². The molecule has 1 saturated heterocycles. The average Bonchev–Trinajstić information content (AvgIpc) is 3.28. The second-order valence-corrected chi connectivity index (χ2v) is 7.38. The molecule has 0 bridgehead atoms. The fraction of sp³-hybridized carbons (Fsp3) is 0.368. The van der Waals surface area contributed by atoms with Crippen LogP contribution in [0.2, 0.25) is 0 Å². The van der Waals surface area contributed by atoms with Gasteiger partial charge in [0, 0.05) is 45.3 Å². The molecule has 1 atom stereocenters. The SMILES string of the molecule is CC(=O)Nc1cc2c(cn1)c(N1CCC(F)(C#N)C1)nn2-c1nccc(C(C)(F)F)n1. The molecule has 4 rings (SSSR count). The molecule has 3 aromatic rings. The zero-order valence-corrected chi connectivity index (χ0v) is 16.6. The second-order valence-electron chi connectivity index (χ2n) is 7.38. The highest BCUT2D eigenvalue weighted by molar-refractivity contribution is 5.95. The molecule has 12 heteroatoms. The number of pyridine rings is 1. The molecule has 0 saturated carbocycles. The Morgan fingerprint density at radius 1 is 1.39 bits per heavy atom. The van der Waals surface area contributed by atoms with Crippen LogP contribution in [0.1, 0.15) is 26.0 Å². The van der Waals surface area contributed by atoms with Gasteiger partial charge in [0.1, 0.15) is 17.6 Å². The molecule has 1 fully saturated rings. The third-order valence-corrected chi connectivity index (χ3v) is 4.85. The maximum Gasteiger partial charge on any atom is 0.287 e. The summed E-state index contributed by atoms with van der Waals surface area (Å²) in [7, 11) is 0. The van der Waals surface area contributed by atoms with Crippen LogP contribution in [0.25, 0.3) is 16.9 Å². The third kappa shape index (κ3) is 3.86. The number of fused-ring (bicyclic) bond motifs is 1. The Labute approximate surface area is 174 Å². The van der Waals surface area contributed by atoms with E-state index in [0.717, 1.165) is 13.0 Å². The minimum Gasteiger partial charge on any atom is -0.350 e. The molecular formula is C19H17F3N8O. The average molecular weight is 430 g/mol. The summed E-state index contributed by atoms with van der Waals surface area (Å²) in [6, 6.07) is 4.27. The minimum absolute atomic E-state index is 0.00327. The Morgan fingerprint density at radius 3 is 2.81 bits per heavy atom. The highest BCUT2D eigenvalue weighted by atomic mass is 19.3. The summed E-state index contributed by atoms with van der Waals surface area (Å²) in [5.74, 6) is -3.15. The highest BCUT2D eigenvalue weighted by Gasteiger charge is 2.40. The number of rotatable bonds is 4. The topological polar surface area (TPSA) is 113 Å². The van der Waals surface area contributed by atoms with E-state index >= 15 is 0 Å². The maximum absolute atomic E-state index is 14.5. The Kier molecular flexibility index (Phi) is 4.76. The predicted molar refractivity (Wildman–Crippen MR) is 105 cm³/mol. The summed E-state index contributed by atoms with van der Waals surface area (Å²) >= 11 is 0. The molecular weight excluding hydrogens is 413 g/mol. The van der Waals surface area contributed by atoms with Crippen LogP contribution in [0.4, 0.5) is 24.8 Å². The van der Waals surface area contributed by atoms with Gasteiger partial charge in [-0.2, -0.15) is 18.7 Å². The van der Waals surface area contributed by atoms with E-state index in [9.17, 15) is 18.0 Å². The molecule has 0 aromatic carbocycles. The number of aromatic nitrogens is 5. The van der Waals surface area contributed by atoms with Crippen molar-refractivity contribution in [2.75, 3.05) is 23.3 Å². The van der Waals surface area contributed by atoms with Crippen LogP contribution < -0.4 is 10.2 Å². The Balaban J connectivity index is 1.88. The number of hydrogen-bond donors (Lipinski definition) is 1. The van der Waals surface area contributed by atoms with E-state index < -0.39 is 17.3 Å². The van der Waals surface area contributed by atoms with Crippen molar-refractivity contribution in [2.24, 2.45) is 0 Å². The smallest absolute Gasteiger partial charge is 0.287 e. The van der Waals surface area contributed by atoms with E-state index in [1.807, 2.05) is 0 Å². The van der Waals surface area contributed by atoms with Gasteiger partial charge in [-0.15, -0.1) is 5.10 Å². The Hall–Kier alpha value is -3.75. The van der Waals surface area contributed by atoms with Crippen LogP contribution in [0, 0.1) is 11.3 Å². The van der Waals surface area contributed by atoms with Crippen molar-refractivity contribution in [1.29, 1.82) is 5.26 Å². The lowest BCUT2D eigenvalue weighted by atomic mass is 10.1. The summed E-state index contributed by atoms with van der Waals surface area (Å²) in [5.41, 5.74) is -2.13. The fourth-order valence-electron chi connectivity index (χ4n) is 3.37. The normalized spacial score (nSPS) is 18.9. The number of halogens is 3. The monoisotopic (exact) mass is 430 g/mol. The van der Waals surface area contributed by atoms with Gasteiger partial charge in [0.05, 0.1) is 17.4 Å². The van der Waals surface area contributed by atoms with Gasteiger partial charge in [-0.3, -0.25) is 4.79 Å². The molecule has 9 nitrogen and oxygen atoms in total. The van der Waals surface area contributed by atoms with E-state index in [1.54, 1.807) is 11.0 Å². The van der Waals surface area contributed by atoms with Gasteiger partial charge in [0.2, 0.25) is 11.6 Å². The van der Waals surface area contributed by atoms with Gasteiger partial charge in [-0.05, 0) is 6.07 Å². The van der Waals surface area contributed by atoms with Gasteiger partial charge in [-0.1, -0.05) is 0 Å². The number of carbonyl (C=O) groups excluding carboxylic acids is 1. The van der Waals surface area contributed by atoms with Crippen LogP contribution >= 0.6 is 0 Å². The van der Waals surface area contributed by atoms with Gasteiger partial charge < -0.3 is 10.2 Å². The molecule has 0 spiro atoms. The fourth-order valence-corrected chi connectivity index (χ4v) is 3.37. The molecule has 0 aliphatic carbocycles. The number of hydrogen-bond acceptors (Lipinski definition) is 7. The predicted octanol–water partition coefficient (Wildman–Crippen LogP) is 2.72. The highest BCUT2D eigenvalue weighted by Crippen LogP contribution is 2.35. The van der Waals surface area contributed by atoms with Crippen LogP contribution in [-0.4, -0.2) is 49.4 Å². The van der Waals surface area contributed by atoms with Crippen molar-refractivity contribution < 1.29 is 18.0 Å². The van der Waals surface area contributed by atoms with Crippen molar-refractivity contribution >= 4 is 28.4 Å². The number of nitriles is 1. The molecule has 1 amide bonds. The Morgan fingerprint density at radius 2 is 2.16 bits per heavy atom. The Bertz CT molecular complexity index is 1220. The molecule has 1 unspecified atom stereocenters. The van der Waals surface area contributed by atoms with Crippen LogP contribution in [0.5, 0.6) is 0 Å². The number of amides is 1. The van der Waals surface area contributed by atoms with E-state index in [-0.39, 0.29) is 37.2 Å². The lowest BCUT2D eigenvalue weighted by Gasteiger charge is -2.15.